The average molecular weight is 425 g/mol. The molecule has 1 aromatic heterocycles. The summed E-state index contributed by atoms with van der Waals surface area (Å²) >= 11 is 1.28. The van der Waals surface area contributed by atoms with Crippen molar-refractivity contribution in [3.63, 3.8) is 0 Å². The van der Waals surface area contributed by atoms with Gasteiger partial charge in [-0.1, -0.05) is 42.5 Å². The van der Waals surface area contributed by atoms with Gasteiger partial charge in [-0.05, 0) is 41.8 Å². The minimum absolute atomic E-state index is 0.0522. The number of hydrogen-bond acceptors (Lipinski definition) is 5. The SMILES string of the molecule is CCc1ccc(N2C[C@H](c3nnc(NC(=O)Cc4ccc(F)cc4)s3)CC2=O)cc1. The zero-order valence-electron chi connectivity index (χ0n) is 16.5. The summed E-state index contributed by atoms with van der Waals surface area (Å²) in [6, 6.07) is 13.8. The lowest BCUT2D eigenvalue weighted by molar-refractivity contribution is -0.117. The average Bonchev–Trinajstić information content (AvgIpc) is 3.36. The second-order valence-electron chi connectivity index (χ2n) is 7.22. The van der Waals surface area contributed by atoms with Crippen molar-refractivity contribution in [1.29, 1.82) is 0 Å². The van der Waals surface area contributed by atoms with E-state index < -0.39 is 0 Å². The Morgan fingerprint density at radius 2 is 1.83 bits per heavy atom. The minimum Gasteiger partial charge on any atom is -0.312 e. The monoisotopic (exact) mass is 424 g/mol. The summed E-state index contributed by atoms with van der Waals surface area (Å²) < 4.78 is 13.0. The molecule has 4 rings (SSSR count). The molecule has 2 aromatic carbocycles. The van der Waals surface area contributed by atoms with Crippen molar-refractivity contribution in [3.05, 3.63) is 70.5 Å². The lowest BCUT2D eigenvalue weighted by atomic mass is 10.1. The Morgan fingerprint density at radius 3 is 2.53 bits per heavy atom. The minimum atomic E-state index is -0.339. The largest absolute Gasteiger partial charge is 0.312 e. The van der Waals surface area contributed by atoms with Gasteiger partial charge in [0.25, 0.3) is 0 Å². The topological polar surface area (TPSA) is 75.2 Å². The number of anilines is 2. The van der Waals surface area contributed by atoms with E-state index in [0.717, 1.165) is 17.1 Å². The molecule has 0 radical (unpaired) electrons. The van der Waals surface area contributed by atoms with Gasteiger partial charge in [-0.2, -0.15) is 0 Å². The summed E-state index contributed by atoms with van der Waals surface area (Å²) in [6.07, 6.45) is 1.45. The molecule has 0 aliphatic carbocycles. The molecule has 1 aliphatic heterocycles. The van der Waals surface area contributed by atoms with Gasteiger partial charge >= 0.3 is 0 Å². The van der Waals surface area contributed by atoms with Crippen LogP contribution in [0.3, 0.4) is 0 Å². The van der Waals surface area contributed by atoms with E-state index in [-0.39, 0.29) is 30.0 Å². The number of rotatable bonds is 6. The molecular weight excluding hydrogens is 403 g/mol. The first-order valence-electron chi connectivity index (χ1n) is 9.79. The Labute approximate surface area is 177 Å². The van der Waals surface area contributed by atoms with E-state index in [1.54, 1.807) is 17.0 Å². The maximum absolute atomic E-state index is 13.0. The van der Waals surface area contributed by atoms with Crippen LogP contribution in [-0.4, -0.2) is 28.6 Å². The summed E-state index contributed by atoms with van der Waals surface area (Å²) in [6.45, 7) is 2.64. The Morgan fingerprint density at radius 1 is 1.13 bits per heavy atom. The second kappa shape index (κ2) is 8.71. The standard InChI is InChI=1S/C22H21FN4O2S/c1-2-14-5-9-18(10-6-14)27-13-16(12-20(27)29)21-25-26-22(30-21)24-19(28)11-15-3-7-17(23)8-4-15/h3-10,16H,2,11-13H2,1H3,(H,24,26,28)/t16-/m1/s1. The van der Waals surface area contributed by atoms with E-state index in [9.17, 15) is 14.0 Å². The van der Waals surface area contributed by atoms with Crippen molar-refractivity contribution in [2.45, 2.75) is 32.1 Å². The molecule has 30 heavy (non-hydrogen) atoms. The van der Waals surface area contributed by atoms with Gasteiger partial charge in [-0.25, -0.2) is 4.39 Å². The summed E-state index contributed by atoms with van der Waals surface area (Å²) in [5, 5.41) is 12.1. The molecule has 0 unspecified atom stereocenters. The van der Waals surface area contributed by atoms with Crippen LogP contribution in [0.2, 0.25) is 0 Å². The lowest BCUT2D eigenvalue weighted by Gasteiger charge is -2.16. The van der Waals surface area contributed by atoms with E-state index in [1.807, 2.05) is 24.3 Å². The predicted molar refractivity (Wildman–Crippen MR) is 114 cm³/mol. The van der Waals surface area contributed by atoms with Crippen LogP contribution >= 0.6 is 11.3 Å². The third kappa shape index (κ3) is 4.54. The van der Waals surface area contributed by atoms with E-state index in [0.29, 0.717) is 23.7 Å². The van der Waals surface area contributed by atoms with Crippen LogP contribution in [0.25, 0.3) is 0 Å². The highest BCUT2D eigenvalue weighted by Gasteiger charge is 2.34. The summed E-state index contributed by atoms with van der Waals surface area (Å²) in [5.74, 6) is -0.580. The highest BCUT2D eigenvalue weighted by molar-refractivity contribution is 7.15. The quantitative estimate of drug-likeness (QED) is 0.650. The normalized spacial score (nSPS) is 16.1. The van der Waals surface area contributed by atoms with Crippen molar-refractivity contribution < 1.29 is 14.0 Å². The second-order valence-corrected chi connectivity index (χ2v) is 8.23. The number of nitrogens with one attached hydrogen (secondary N) is 1. The van der Waals surface area contributed by atoms with Crippen molar-refractivity contribution in [2.24, 2.45) is 0 Å². The molecule has 1 N–H and O–H groups in total. The van der Waals surface area contributed by atoms with E-state index >= 15 is 0 Å². The number of hydrogen-bond donors (Lipinski definition) is 1. The number of aryl methyl sites for hydroxylation is 1. The molecule has 6 nitrogen and oxygen atoms in total. The molecule has 3 aromatic rings. The first-order chi connectivity index (χ1) is 14.5. The molecule has 154 valence electrons. The number of carbonyl (C=O) groups is 2. The fourth-order valence-corrected chi connectivity index (χ4v) is 4.29. The lowest BCUT2D eigenvalue weighted by Crippen LogP contribution is -2.24. The third-order valence-electron chi connectivity index (χ3n) is 5.10. The van der Waals surface area contributed by atoms with Crippen molar-refractivity contribution in [3.8, 4) is 0 Å². The Kier molecular flexibility index (Phi) is 5.85. The molecule has 1 atom stereocenters. The van der Waals surface area contributed by atoms with Gasteiger partial charge in [-0.3, -0.25) is 9.59 Å². The first kappa shape index (κ1) is 20.2. The fraction of sp³-hybridized carbons (Fsp3) is 0.273. The zero-order valence-corrected chi connectivity index (χ0v) is 17.3. The van der Waals surface area contributed by atoms with Crippen LogP contribution in [0.15, 0.2) is 48.5 Å². The molecule has 0 bridgehead atoms. The predicted octanol–water partition coefficient (Wildman–Crippen LogP) is 3.94. The summed E-state index contributed by atoms with van der Waals surface area (Å²) in [5.41, 5.74) is 2.83. The van der Waals surface area contributed by atoms with E-state index in [2.05, 4.69) is 22.4 Å². The van der Waals surface area contributed by atoms with Gasteiger partial charge in [-0.15, -0.1) is 10.2 Å². The number of aromatic nitrogens is 2. The molecule has 1 aliphatic rings. The molecule has 8 heteroatoms. The summed E-state index contributed by atoms with van der Waals surface area (Å²) in [4.78, 5) is 26.5. The maximum atomic E-state index is 13.0. The fourth-order valence-electron chi connectivity index (χ4n) is 3.44. The molecular formula is C22H21FN4O2S. The number of carbonyl (C=O) groups excluding carboxylic acids is 2. The van der Waals surface area contributed by atoms with Crippen molar-refractivity contribution >= 4 is 34.0 Å². The third-order valence-corrected chi connectivity index (χ3v) is 6.10. The molecule has 0 saturated carbocycles. The number of nitrogens with zero attached hydrogens (tertiary/aromatic N) is 3. The van der Waals surface area contributed by atoms with Crippen LogP contribution in [0, 0.1) is 5.82 Å². The Balaban J connectivity index is 1.38. The van der Waals surface area contributed by atoms with Crippen molar-refractivity contribution in [2.75, 3.05) is 16.8 Å². The van der Waals surface area contributed by atoms with Gasteiger partial charge in [0.05, 0.1) is 6.42 Å². The molecule has 0 spiro atoms. The van der Waals surface area contributed by atoms with Gasteiger partial charge in [0, 0.05) is 24.6 Å². The van der Waals surface area contributed by atoms with Crippen LogP contribution in [0.5, 0.6) is 0 Å². The van der Waals surface area contributed by atoms with Crippen LogP contribution in [-0.2, 0) is 22.4 Å². The zero-order chi connectivity index (χ0) is 21.1. The van der Waals surface area contributed by atoms with Crippen molar-refractivity contribution in [1.82, 2.24) is 10.2 Å². The van der Waals surface area contributed by atoms with Gasteiger partial charge < -0.3 is 10.2 Å². The number of halogens is 1. The highest BCUT2D eigenvalue weighted by atomic mass is 32.1. The molecule has 2 amide bonds. The summed E-state index contributed by atoms with van der Waals surface area (Å²) in [7, 11) is 0. The first-order valence-corrected chi connectivity index (χ1v) is 10.6. The van der Waals surface area contributed by atoms with Gasteiger partial charge in [0.2, 0.25) is 16.9 Å². The highest BCUT2D eigenvalue weighted by Crippen LogP contribution is 2.34. The maximum Gasteiger partial charge on any atom is 0.230 e. The van der Waals surface area contributed by atoms with Gasteiger partial charge in [0.1, 0.15) is 10.8 Å². The molecule has 1 saturated heterocycles. The van der Waals surface area contributed by atoms with Crippen LogP contribution < -0.4 is 10.2 Å². The van der Waals surface area contributed by atoms with E-state index in [4.69, 9.17) is 0 Å². The number of benzene rings is 2. The Hall–Kier alpha value is -3.13. The van der Waals surface area contributed by atoms with Gasteiger partial charge in [0.15, 0.2) is 0 Å². The molecule has 2 heterocycles. The Bertz CT molecular complexity index is 1050. The van der Waals surface area contributed by atoms with E-state index in [1.165, 1.54) is 29.0 Å². The smallest absolute Gasteiger partial charge is 0.230 e. The molecule has 1 fully saturated rings. The van der Waals surface area contributed by atoms with Crippen LogP contribution in [0.1, 0.15) is 35.4 Å². The number of amides is 2. The van der Waals surface area contributed by atoms with Crippen LogP contribution in [0.4, 0.5) is 15.2 Å².